The third kappa shape index (κ3) is 3.99. The molecular weight excluding hydrogens is 508 g/mol. The number of nitrogens with zero attached hydrogens (tertiary/aromatic N) is 3. The molecule has 2 aromatic carbocycles. The predicted octanol–water partition coefficient (Wildman–Crippen LogP) is 6.44. The number of methoxy groups -OCH3 is 1. The molecule has 0 bridgehead atoms. The third-order valence-corrected chi connectivity index (χ3v) is 7.17. The lowest BCUT2D eigenvalue weighted by atomic mass is 9.96. The largest absolute Gasteiger partial charge is 0.497 e. The van der Waals surface area contributed by atoms with Crippen molar-refractivity contribution in [3.63, 3.8) is 0 Å². The minimum absolute atomic E-state index is 0.0539. The first kappa shape index (κ1) is 22.6. The van der Waals surface area contributed by atoms with Crippen LogP contribution >= 0.6 is 28.1 Å². The predicted molar refractivity (Wildman–Crippen MR) is 144 cm³/mol. The average molecular weight is 533 g/mol. The molecule has 3 heterocycles. The summed E-state index contributed by atoms with van der Waals surface area (Å²) in [5, 5.41) is 4.24. The van der Waals surface area contributed by atoms with Crippen LogP contribution in [0, 0.1) is 13.8 Å². The van der Waals surface area contributed by atoms with Crippen LogP contribution in [0.25, 0.3) is 5.69 Å². The number of aryl methyl sites for hydroxylation is 1. The molecule has 34 heavy (non-hydrogen) atoms. The van der Waals surface area contributed by atoms with Crippen LogP contribution in [0.1, 0.15) is 34.7 Å². The lowest BCUT2D eigenvalue weighted by Crippen LogP contribution is -2.29. The summed E-state index contributed by atoms with van der Waals surface area (Å²) in [7, 11) is 1.68. The Morgan fingerprint density at radius 2 is 1.68 bits per heavy atom. The highest BCUT2D eigenvalue weighted by Crippen LogP contribution is 2.43. The molecule has 5 nitrogen and oxygen atoms in total. The van der Waals surface area contributed by atoms with Gasteiger partial charge in [0.15, 0.2) is 5.11 Å². The molecule has 4 aromatic rings. The van der Waals surface area contributed by atoms with Crippen LogP contribution in [0.4, 0.5) is 5.69 Å². The SMILES string of the molecule is COc1ccc(-n2c(C)cc([C@@H]3[C@H](c4ccccn4)NC(=S)N3c3ccc(Br)cc3)c2C)cc1. The summed E-state index contributed by atoms with van der Waals surface area (Å²) in [5.41, 5.74) is 6.63. The summed E-state index contributed by atoms with van der Waals surface area (Å²) >= 11 is 9.42. The molecule has 1 aliphatic rings. The maximum atomic E-state index is 5.87. The molecule has 0 amide bonds. The molecule has 1 N–H and O–H groups in total. The van der Waals surface area contributed by atoms with E-state index in [0.29, 0.717) is 5.11 Å². The fraction of sp³-hybridized carbons (Fsp3) is 0.185. The van der Waals surface area contributed by atoms with Gasteiger partial charge in [-0.1, -0.05) is 22.0 Å². The first-order valence-corrected chi connectivity index (χ1v) is 12.3. The first-order chi connectivity index (χ1) is 16.5. The Balaban J connectivity index is 1.65. The average Bonchev–Trinajstić information content (AvgIpc) is 3.35. The van der Waals surface area contributed by atoms with Gasteiger partial charge < -0.3 is 19.5 Å². The molecule has 2 aromatic heterocycles. The number of ether oxygens (including phenoxy) is 1. The maximum Gasteiger partial charge on any atom is 0.174 e. The van der Waals surface area contributed by atoms with E-state index in [2.05, 4.69) is 85.9 Å². The number of halogens is 1. The number of nitrogens with one attached hydrogen (secondary N) is 1. The Kier molecular flexibility index (Phi) is 6.15. The summed E-state index contributed by atoms with van der Waals surface area (Å²) in [6.07, 6.45) is 1.83. The molecule has 0 unspecified atom stereocenters. The Morgan fingerprint density at radius 1 is 0.971 bits per heavy atom. The van der Waals surface area contributed by atoms with Crippen LogP contribution in [-0.2, 0) is 0 Å². The Morgan fingerprint density at radius 3 is 2.32 bits per heavy atom. The molecule has 172 valence electrons. The van der Waals surface area contributed by atoms with E-state index >= 15 is 0 Å². The molecular formula is C27H25BrN4OS. The summed E-state index contributed by atoms with van der Waals surface area (Å²) in [5.74, 6) is 0.841. The van der Waals surface area contributed by atoms with Gasteiger partial charge in [-0.2, -0.15) is 0 Å². The zero-order chi connectivity index (χ0) is 23.8. The van der Waals surface area contributed by atoms with Gasteiger partial charge in [0.05, 0.1) is 24.9 Å². The number of aromatic nitrogens is 2. The Hall–Kier alpha value is -3.16. The Bertz CT molecular complexity index is 1320. The highest BCUT2D eigenvalue weighted by atomic mass is 79.9. The smallest absolute Gasteiger partial charge is 0.174 e. The van der Waals surface area contributed by atoms with Gasteiger partial charge in [-0.3, -0.25) is 4.98 Å². The van der Waals surface area contributed by atoms with Crippen LogP contribution in [-0.4, -0.2) is 21.8 Å². The molecule has 0 aliphatic carbocycles. The summed E-state index contributed by atoms with van der Waals surface area (Å²) in [4.78, 5) is 6.88. The monoisotopic (exact) mass is 532 g/mol. The van der Waals surface area contributed by atoms with Crippen molar-refractivity contribution in [1.82, 2.24) is 14.9 Å². The van der Waals surface area contributed by atoms with Crippen molar-refractivity contribution < 1.29 is 4.74 Å². The quantitative estimate of drug-likeness (QED) is 0.299. The Labute approximate surface area is 213 Å². The number of anilines is 1. The van der Waals surface area contributed by atoms with E-state index in [1.165, 1.54) is 11.3 Å². The van der Waals surface area contributed by atoms with Crippen molar-refractivity contribution in [2.45, 2.75) is 25.9 Å². The first-order valence-electron chi connectivity index (χ1n) is 11.1. The number of thiocarbonyl (C=S) groups is 1. The van der Waals surface area contributed by atoms with Crippen molar-refractivity contribution in [2.24, 2.45) is 0 Å². The van der Waals surface area contributed by atoms with Crippen molar-refractivity contribution >= 4 is 38.9 Å². The fourth-order valence-electron chi connectivity index (χ4n) is 4.77. The van der Waals surface area contributed by atoms with E-state index in [0.717, 1.165) is 33.0 Å². The molecule has 5 rings (SSSR count). The van der Waals surface area contributed by atoms with Gasteiger partial charge in [-0.25, -0.2) is 0 Å². The van der Waals surface area contributed by atoms with Gasteiger partial charge in [0, 0.05) is 33.4 Å². The van der Waals surface area contributed by atoms with E-state index in [1.807, 2.05) is 42.6 Å². The van der Waals surface area contributed by atoms with Gasteiger partial charge in [-0.05, 0) is 98.4 Å². The number of hydrogen-bond donors (Lipinski definition) is 1. The normalized spacial score (nSPS) is 17.6. The molecule has 7 heteroatoms. The van der Waals surface area contributed by atoms with Gasteiger partial charge in [0.25, 0.3) is 0 Å². The highest BCUT2D eigenvalue weighted by molar-refractivity contribution is 9.10. The molecule has 2 atom stereocenters. The second-order valence-electron chi connectivity index (χ2n) is 8.33. The zero-order valence-corrected chi connectivity index (χ0v) is 21.6. The zero-order valence-electron chi connectivity index (χ0n) is 19.2. The fourth-order valence-corrected chi connectivity index (χ4v) is 5.38. The molecule has 0 saturated carbocycles. The molecule has 0 spiro atoms. The number of hydrogen-bond acceptors (Lipinski definition) is 3. The van der Waals surface area contributed by atoms with Crippen LogP contribution in [0.3, 0.4) is 0 Å². The molecule has 1 fully saturated rings. The lowest BCUT2D eigenvalue weighted by Gasteiger charge is -2.28. The highest BCUT2D eigenvalue weighted by Gasteiger charge is 2.42. The van der Waals surface area contributed by atoms with E-state index in [-0.39, 0.29) is 12.1 Å². The van der Waals surface area contributed by atoms with Crippen molar-refractivity contribution in [3.05, 3.63) is 106 Å². The molecule has 0 radical (unpaired) electrons. The topological polar surface area (TPSA) is 42.3 Å². The second kappa shape index (κ2) is 9.24. The van der Waals surface area contributed by atoms with Gasteiger partial charge in [0.1, 0.15) is 5.75 Å². The van der Waals surface area contributed by atoms with E-state index < -0.39 is 0 Å². The summed E-state index contributed by atoms with van der Waals surface area (Å²) < 4.78 is 8.66. The standard InChI is InChI=1S/C27H25BrN4OS/c1-17-16-23(18(2)31(17)20-11-13-22(33-3)14-12-20)26-25(24-6-4-5-15-29-24)30-27(34)32(26)21-9-7-19(28)8-10-21/h4-16,25-26H,1-3H3,(H,30,34)/t25-,26+/m0/s1. The van der Waals surface area contributed by atoms with Crippen molar-refractivity contribution in [1.29, 1.82) is 0 Å². The van der Waals surface area contributed by atoms with Crippen LogP contribution in [0.15, 0.2) is 83.5 Å². The van der Waals surface area contributed by atoms with E-state index in [1.54, 1.807) is 7.11 Å². The number of pyridine rings is 1. The van der Waals surface area contributed by atoms with Crippen LogP contribution in [0.2, 0.25) is 0 Å². The number of rotatable bonds is 5. The van der Waals surface area contributed by atoms with Gasteiger partial charge in [-0.15, -0.1) is 0 Å². The third-order valence-electron chi connectivity index (χ3n) is 6.32. The van der Waals surface area contributed by atoms with Gasteiger partial charge in [0.2, 0.25) is 0 Å². The maximum absolute atomic E-state index is 5.87. The second-order valence-corrected chi connectivity index (χ2v) is 9.64. The lowest BCUT2D eigenvalue weighted by molar-refractivity contribution is 0.414. The summed E-state index contributed by atoms with van der Waals surface area (Å²) in [6, 6.07) is 24.6. The van der Waals surface area contributed by atoms with Gasteiger partial charge >= 0.3 is 0 Å². The van der Waals surface area contributed by atoms with Crippen molar-refractivity contribution in [3.8, 4) is 11.4 Å². The summed E-state index contributed by atoms with van der Waals surface area (Å²) in [6.45, 7) is 4.31. The minimum Gasteiger partial charge on any atom is -0.497 e. The van der Waals surface area contributed by atoms with E-state index in [4.69, 9.17) is 17.0 Å². The number of benzene rings is 2. The molecule has 1 aliphatic heterocycles. The minimum atomic E-state index is -0.0813. The van der Waals surface area contributed by atoms with Crippen LogP contribution < -0.4 is 15.0 Å². The van der Waals surface area contributed by atoms with Crippen LogP contribution in [0.5, 0.6) is 5.75 Å². The van der Waals surface area contributed by atoms with Crippen molar-refractivity contribution in [2.75, 3.05) is 12.0 Å². The molecule has 1 saturated heterocycles. The van der Waals surface area contributed by atoms with E-state index in [9.17, 15) is 0 Å².